The van der Waals surface area contributed by atoms with Gasteiger partial charge in [-0.2, -0.15) is 0 Å². The van der Waals surface area contributed by atoms with E-state index >= 15 is 0 Å². The molecule has 5 nitrogen and oxygen atoms in total. The Morgan fingerprint density at radius 1 is 1.03 bits per heavy atom. The molecule has 0 bridgehead atoms. The van der Waals surface area contributed by atoms with Crippen LogP contribution < -0.4 is 15.5 Å². The number of anilines is 2. The molecule has 5 rings (SSSR count). The highest BCUT2D eigenvalue weighted by Gasteiger charge is 2.29. The van der Waals surface area contributed by atoms with Crippen LogP contribution in [0.25, 0.3) is 5.70 Å². The number of nitrogens with zero attached hydrogens (tertiary/aromatic N) is 3. The molecule has 0 saturated carbocycles. The Labute approximate surface area is 210 Å². The predicted octanol–water partition coefficient (Wildman–Crippen LogP) is 6.11. The summed E-state index contributed by atoms with van der Waals surface area (Å²) in [5, 5.41) is 12.5. The summed E-state index contributed by atoms with van der Waals surface area (Å²) in [6.45, 7) is 16.3. The largest absolute Gasteiger partial charge is 0.373 e. The van der Waals surface area contributed by atoms with Crippen LogP contribution in [0.15, 0.2) is 36.4 Å². The van der Waals surface area contributed by atoms with Crippen LogP contribution in [-0.2, 0) is 0 Å². The van der Waals surface area contributed by atoms with E-state index in [9.17, 15) is 0 Å². The standard InChI is InChI=1S/C26H37N5S.C2H6/c1-3-4-15-31(30-13-5-6-14-30)25-19-23(28-24-18-20(2)32-26(24)25)21-7-9-22(10-8-21)29-16-11-27-12-17-29;1-2/h7-10,18-19,23,27-28H,3-6,11-17H2,1-2H3;1-2H3. The number of hydrogen-bond donors (Lipinski definition) is 2. The molecule has 0 radical (unpaired) electrons. The minimum absolute atomic E-state index is 0.204. The molecule has 2 N–H and O–H groups in total. The van der Waals surface area contributed by atoms with E-state index in [0.29, 0.717) is 0 Å². The van der Waals surface area contributed by atoms with Gasteiger partial charge in [0.15, 0.2) is 0 Å². The van der Waals surface area contributed by atoms with Crippen molar-refractivity contribution in [3.05, 3.63) is 51.7 Å². The van der Waals surface area contributed by atoms with Crippen LogP contribution in [-0.4, -0.2) is 55.8 Å². The van der Waals surface area contributed by atoms with E-state index in [1.807, 2.05) is 25.2 Å². The zero-order valence-electron chi connectivity index (χ0n) is 21.6. The average Bonchev–Trinajstić information content (AvgIpc) is 3.55. The fourth-order valence-corrected chi connectivity index (χ4v) is 6.12. The minimum atomic E-state index is 0.204. The second kappa shape index (κ2) is 12.1. The van der Waals surface area contributed by atoms with Crippen molar-refractivity contribution in [2.24, 2.45) is 0 Å². The molecule has 2 aromatic rings. The molecular formula is C28H43N5S. The Kier molecular flexibility index (Phi) is 8.92. The smallest absolute Gasteiger partial charge is 0.0749 e. The summed E-state index contributed by atoms with van der Waals surface area (Å²) in [5.74, 6) is 0. The molecule has 186 valence electrons. The van der Waals surface area contributed by atoms with Crippen LogP contribution in [0.3, 0.4) is 0 Å². The van der Waals surface area contributed by atoms with E-state index in [1.165, 1.54) is 71.2 Å². The number of thiophene rings is 1. The molecule has 1 aromatic carbocycles. The van der Waals surface area contributed by atoms with Crippen molar-refractivity contribution in [1.82, 2.24) is 15.3 Å². The Morgan fingerprint density at radius 3 is 2.41 bits per heavy atom. The molecule has 2 fully saturated rings. The fourth-order valence-electron chi connectivity index (χ4n) is 5.12. The summed E-state index contributed by atoms with van der Waals surface area (Å²) in [5.41, 5.74) is 5.38. The lowest BCUT2D eigenvalue weighted by Gasteiger charge is -2.38. The highest BCUT2D eigenvalue weighted by atomic mass is 32.1. The van der Waals surface area contributed by atoms with Crippen LogP contribution in [0, 0.1) is 6.92 Å². The van der Waals surface area contributed by atoms with Gasteiger partial charge in [0, 0.05) is 56.4 Å². The van der Waals surface area contributed by atoms with Gasteiger partial charge in [-0.05, 0) is 56.0 Å². The fraction of sp³-hybridized carbons (Fsp3) is 0.571. The maximum atomic E-state index is 3.83. The van der Waals surface area contributed by atoms with Crippen LogP contribution >= 0.6 is 11.3 Å². The summed E-state index contributed by atoms with van der Waals surface area (Å²) in [7, 11) is 0. The number of hydrogen-bond acceptors (Lipinski definition) is 6. The van der Waals surface area contributed by atoms with E-state index in [2.05, 4.69) is 75.8 Å². The van der Waals surface area contributed by atoms with Crippen molar-refractivity contribution in [2.45, 2.75) is 59.4 Å². The Bertz CT molecular complexity index is 923. The van der Waals surface area contributed by atoms with Crippen LogP contribution in [0.5, 0.6) is 0 Å². The minimum Gasteiger partial charge on any atom is -0.373 e. The number of piperazine rings is 1. The van der Waals surface area contributed by atoms with Gasteiger partial charge in [-0.15, -0.1) is 11.3 Å². The highest BCUT2D eigenvalue weighted by molar-refractivity contribution is 7.13. The van der Waals surface area contributed by atoms with Crippen molar-refractivity contribution in [3.63, 3.8) is 0 Å². The summed E-state index contributed by atoms with van der Waals surface area (Å²) in [4.78, 5) is 5.26. The molecule has 1 atom stereocenters. The third kappa shape index (κ3) is 5.61. The summed E-state index contributed by atoms with van der Waals surface area (Å²) in [6, 6.07) is 11.8. The first-order chi connectivity index (χ1) is 16.7. The average molecular weight is 482 g/mol. The van der Waals surface area contributed by atoms with Gasteiger partial charge in [-0.3, -0.25) is 0 Å². The highest BCUT2D eigenvalue weighted by Crippen LogP contribution is 2.43. The van der Waals surface area contributed by atoms with Gasteiger partial charge in [0.1, 0.15) is 0 Å². The number of fused-ring (bicyclic) bond motifs is 1. The first-order valence-electron chi connectivity index (χ1n) is 13.4. The Balaban J connectivity index is 0.00000133. The topological polar surface area (TPSA) is 33.8 Å². The third-order valence-electron chi connectivity index (χ3n) is 6.88. The molecule has 6 heteroatoms. The number of nitrogens with one attached hydrogen (secondary N) is 2. The Morgan fingerprint density at radius 2 is 1.74 bits per heavy atom. The van der Waals surface area contributed by atoms with E-state index in [1.54, 1.807) is 0 Å². The zero-order chi connectivity index (χ0) is 23.9. The SMILES string of the molecule is CC.CCCCN(C1=CC(c2ccc(N3CCNCC3)cc2)Nc2cc(C)sc21)N1CCCC1. The summed E-state index contributed by atoms with van der Waals surface area (Å²) in [6.07, 6.45) is 7.54. The molecule has 0 spiro atoms. The van der Waals surface area contributed by atoms with Crippen molar-refractivity contribution in [3.8, 4) is 0 Å². The maximum Gasteiger partial charge on any atom is 0.0749 e. The van der Waals surface area contributed by atoms with Gasteiger partial charge in [-0.25, -0.2) is 5.01 Å². The lowest BCUT2D eigenvalue weighted by atomic mass is 10.0. The van der Waals surface area contributed by atoms with Crippen LogP contribution in [0.1, 0.15) is 67.8 Å². The molecule has 0 aliphatic carbocycles. The number of aryl methyl sites for hydroxylation is 1. The van der Waals surface area contributed by atoms with Gasteiger partial charge in [0.25, 0.3) is 0 Å². The lowest BCUT2D eigenvalue weighted by Crippen LogP contribution is -2.43. The van der Waals surface area contributed by atoms with E-state index in [-0.39, 0.29) is 6.04 Å². The molecular weight excluding hydrogens is 438 g/mol. The second-order valence-corrected chi connectivity index (χ2v) is 10.5. The first kappa shape index (κ1) is 25.1. The molecule has 0 amide bonds. The van der Waals surface area contributed by atoms with E-state index in [4.69, 9.17) is 0 Å². The second-order valence-electron chi connectivity index (χ2n) is 9.24. The molecule has 1 unspecified atom stereocenters. The molecule has 34 heavy (non-hydrogen) atoms. The first-order valence-corrected chi connectivity index (χ1v) is 14.2. The molecule has 2 saturated heterocycles. The molecule has 1 aromatic heterocycles. The normalized spacial score (nSPS) is 20.2. The number of benzene rings is 1. The van der Waals surface area contributed by atoms with Gasteiger partial charge in [-0.1, -0.05) is 39.3 Å². The van der Waals surface area contributed by atoms with Gasteiger partial charge in [0.05, 0.1) is 22.3 Å². The van der Waals surface area contributed by atoms with Crippen molar-refractivity contribution < 1.29 is 0 Å². The maximum absolute atomic E-state index is 3.83. The third-order valence-corrected chi connectivity index (χ3v) is 7.96. The van der Waals surface area contributed by atoms with Crippen LogP contribution in [0.4, 0.5) is 11.4 Å². The van der Waals surface area contributed by atoms with Crippen molar-refractivity contribution in [1.29, 1.82) is 0 Å². The number of hydrazine groups is 1. The van der Waals surface area contributed by atoms with Gasteiger partial charge in [0.2, 0.25) is 0 Å². The molecule has 4 heterocycles. The van der Waals surface area contributed by atoms with Crippen molar-refractivity contribution in [2.75, 3.05) is 56.0 Å². The lowest BCUT2D eigenvalue weighted by molar-refractivity contribution is 0.0601. The van der Waals surface area contributed by atoms with E-state index < -0.39 is 0 Å². The zero-order valence-corrected chi connectivity index (χ0v) is 22.4. The summed E-state index contributed by atoms with van der Waals surface area (Å²) >= 11 is 1.93. The quantitative estimate of drug-likeness (QED) is 0.498. The van der Waals surface area contributed by atoms with Crippen LogP contribution in [0.2, 0.25) is 0 Å². The van der Waals surface area contributed by atoms with Gasteiger partial charge >= 0.3 is 0 Å². The number of rotatable bonds is 7. The molecule has 3 aliphatic heterocycles. The van der Waals surface area contributed by atoms with Crippen molar-refractivity contribution >= 4 is 28.4 Å². The van der Waals surface area contributed by atoms with Gasteiger partial charge < -0.3 is 20.5 Å². The summed E-state index contributed by atoms with van der Waals surface area (Å²) < 4.78 is 0. The number of unbranched alkanes of at least 4 members (excludes halogenated alkanes) is 1. The Hall–Kier alpha value is -2.02. The molecule has 3 aliphatic rings. The predicted molar refractivity (Wildman–Crippen MR) is 149 cm³/mol. The van der Waals surface area contributed by atoms with E-state index in [0.717, 1.165) is 32.7 Å². The monoisotopic (exact) mass is 481 g/mol.